The lowest BCUT2D eigenvalue weighted by Gasteiger charge is -2.28. The Labute approximate surface area is 86.7 Å². The van der Waals surface area contributed by atoms with Gasteiger partial charge >= 0.3 is 8.56 Å². The van der Waals surface area contributed by atoms with Crippen LogP contribution >= 0.6 is 0 Å². The topological polar surface area (TPSA) is 40.2 Å². The highest BCUT2D eigenvalue weighted by Gasteiger charge is 2.36. The standard InChI is InChI=1S/C9H20O4Si/c1-8(14(4,10-2)11-3)5-12-6-9-7-13-9/h8-9H,5-7H2,1-4H3. The van der Waals surface area contributed by atoms with Gasteiger partial charge < -0.3 is 18.3 Å². The van der Waals surface area contributed by atoms with Gasteiger partial charge in [-0.25, -0.2) is 0 Å². The average molecular weight is 220 g/mol. The van der Waals surface area contributed by atoms with Crippen molar-refractivity contribution in [1.82, 2.24) is 0 Å². The van der Waals surface area contributed by atoms with Gasteiger partial charge in [0.15, 0.2) is 0 Å². The zero-order valence-electron chi connectivity index (χ0n) is 9.41. The normalized spacial score (nSPS) is 23.6. The summed E-state index contributed by atoms with van der Waals surface area (Å²) in [5, 5.41) is 0. The third-order valence-corrected chi connectivity index (χ3v) is 6.36. The van der Waals surface area contributed by atoms with Crippen LogP contribution in [0.4, 0.5) is 0 Å². The maximum Gasteiger partial charge on any atom is 0.339 e. The Bertz CT molecular complexity index is 168. The second kappa shape index (κ2) is 5.23. The van der Waals surface area contributed by atoms with Crippen molar-refractivity contribution < 1.29 is 18.3 Å². The first kappa shape index (κ1) is 12.1. The molecule has 0 aromatic rings. The van der Waals surface area contributed by atoms with Gasteiger partial charge in [0.1, 0.15) is 6.10 Å². The Morgan fingerprint density at radius 2 is 2.00 bits per heavy atom. The molecule has 1 aliphatic rings. The molecule has 0 amide bonds. The molecule has 0 saturated carbocycles. The molecule has 2 unspecified atom stereocenters. The summed E-state index contributed by atoms with van der Waals surface area (Å²) in [6, 6.07) is 0. The minimum atomic E-state index is -2.02. The monoisotopic (exact) mass is 220 g/mol. The van der Waals surface area contributed by atoms with E-state index in [4.69, 9.17) is 18.3 Å². The van der Waals surface area contributed by atoms with E-state index in [0.717, 1.165) is 6.61 Å². The van der Waals surface area contributed by atoms with Crippen molar-refractivity contribution in [2.75, 3.05) is 34.0 Å². The Balaban J connectivity index is 2.19. The van der Waals surface area contributed by atoms with Crippen molar-refractivity contribution in [3.63, 3.8) is 0 Å². The van der Waals surface area contributed by atoms with Crippen molar-refractivity contribution in [1.29, 1.82) is 0 Å². The first-order valence-electron chi connectivity index (χ1n) is 4.92. The van der Waals surface area contributed by atoms with Crippen LogP contribution in [0.3, 0.4) is 0 Å². The predicted octanol–water partition coefficient (Wildman–Crippen LogP) is 1.16. The summed E-state index contributed by atoms with van der Waals surface area (Å²) < 4.78 is 21.4. The molecule has 0 aromatic heterocycles. The first-order valence-corrected chi connectivity index (χ1v) is 7.31. The number of hydrogen-bond donors (Lipinski definition) is 0. The quantitative estimate of drug-likeness (QED) is 0.477. The third-order valence-electron chi connectivity index (χ3n) is 2.78. The van der Waals surface area contributed by atoms with E-state index in [1.54, 1.807) is 14.2 Å². The molecule has 0 spiro atoms. The van der Waals surface area contributed by atoms with Crippen molar-refractivity contribution >= 4 is 8.56 Å². The minimum Gasteiger partial charge on any atom is -0.398 e. The smallest absolute Gasteiger partial charge is 0.339 e. The van der Waals surface area contributed by atoms with Crippen molar-refractivity contribution in [3.8, 4) is 0 Å². The van der Waals surface area contributed by atoms with Crippen LogP contribution in [0.15, 0.2) is 0 Å². The van der Waals surface area contributed by atoms with Crippen LogP contribution in [-0.2, 0) is 18.3 Å². The number of ether oxygens (including phenoxy) is 2. The van der Waals surface area contributed by atoms with E-state index in [9.17, 15) is 0 Å². The summed E-state index contributed by atoms with van der Waals surface area (Å²) in [5.74, 6) is 0. The van der Waals surface area contributed by atoms with E-state index in [1.165, 1.54) is 0 Å². The van der Waals surface area contributed by atoms with Gasteiger partial charge in [-0.05, 0) is 6.55 Å². The lowest BCUT2D eigenvalue weighted by Crippen LogP contribution is -2.42. The number of hydrogen-bond acceptors (Lipinski definition) is 4. The summed E-state index contributed by atoms with van der Waals surface area (Å²) in [5.41, 5.74) is 0.330. The van der Waals surface area contributed by atoms with Gasteiger partial charge in [-0.15, -0.1) is 0 Å². The number of epoxide rings is 1. The second-order valence-electron chi connectivity index (χ2n) is 3.82. The molecular formula is C9H20O4Si. The molecular weight excluding hydrogens is 200 g/mol. The van der Waals surface area contributed by atoms with Crippen LogP contribution in [0, 0.1) is 0 Å². The van der Waals surface area contributed by atoms with E-state index in [0.29, 0.717) is 24.9 Å². The fraction of sp³-hybridized carbons (Fsp3) is 1.00. The van der Waals surface area contributed by atoms with Crippen LogP contribution in [-0.4, -0.2) is 48.7 Å². The van der Waals surface area contributed by atoms with Crippen LogP contribution in [0.25, 0.3) is 0 Å². The largest absolute Gasteiger partial charge is 0.398 e. The average Bonchev–Trinajstić information content (AvgIpc) is 3.00. The van der Waals surface area contributed by atoms with Gasteiger partial charge in [0.05, 0.1) is 19.8 Å². The first-order chi connectivity index (χ1) is 6.62. The molecule has 5 heteroatoms. The fourth-order valence-electron chi connectivity index (χ4n) is 1.18. The molecule has 84 valence electrons. The molecule has 2 atom stereocenters. The van der Waals surface area contributed by atoms with Gasteiger partial charge in [0.2, 0.25) is 0 Å². The lowest BCUT2D eigenvalue weighted by atomic mass is 10.5. The maximum atomic E-state index is 5.52. The molecule has 1 heterocycles. The Hall–Kier alpha value is 0.0569. The molecule has 14 heavy (non-hydrogen) atoms. The summed E-state index contributed by atoms with van der Waals surface area (Å²) in [4.78, 5) is 0. The molecule has 0 aliphatic carbocycles. The van der Waals surface area contributed by atoms with Crippen LogP contribution < -0.4 is 0 Å². The van der Waals surface area contributed by atoms with Gasteiger partial charge in [0, 0.05) is 19.8 Å². The third kappa shape index (κ3) is 3.32. The van der Waals surface area contributed by atoms with E-state index < -0.39 is 8.56 Å². The Kier molecular flexibility index (Phi) is 4.53. The van der Waals surface area contributed by atoms with Crippen molar-refractivity contribution in [2.24, 2.45) is 0 Å². The molecule has 0 bridgehead atoms. The zero-order chi connectivity index (χ0) is 10.6. The van der Waals surface area contributed by atoms with Crippen LogP contribution in [0.1, 0.15) is 6.92 Å². The second-order valence-corrected chi connectivity index (χ2v) is 7.65. The highest BCUT2D eigenvalue weighted by molar-refractivity contribution is 6.67. The minimum absolute atomic E-state index is 0.330. The fourth-order valence-corrected chi connectivity index (χ4v) is 2.57. The highest BCUT2D eigenvalue weighted by Crippen LogP contribution is 2.23. The molecule has 1 saturated heterocycles. The summed E-state index contributed by atoms with van der Waals surface area (Å²) in [7, 11) is 1.39. The van der Waals surface area contributed by atoms with Gasteiger partial charge in [-0.3, -0.25) is 0 Å². The lowest BCUT2D eigenvalue weighted by molar-refractivity contribution is 0.104. The molecule has 4 nitrogen and oxygen atoms in total. The maximum absolute atomic E-state index is 5.52. The summed E-state index contributed by atoms with van der Waals surface area (Å²) in [6.45, 7) is 6.38. The molecule has 1 rings (SSSR count). The molecule has 0 aromatic carbocycles. The van der Waals surface area contributed by atoms with E-state index >= 15 is 0 Å². The van der Waals surface area contributed by atoms with Crippen LogP contribution in [0.2, 0.25) is 12.1 Å². The van der Waals surface area contributed by atoms with Crippen molar-refractivity contribution in [2.45, 2.75) is 25.1 Å². The van der Waals surface area contributed by atoms with Gasteiger partial charge in [-0.1, -0.05) is 6.92 Å². The van der Waals surface area contributed by atoms with Crippen LogP contribution in [0.5, 0.6) is 0 Å². The SMILES string of the molecule is CO[Si](C)(OC)C(C)COCC1CO1. The van der Waals surface area contributed by atoms with E-state index in [1.807, 2.05) is 0 Å². The highest BCUT2D eigenvalue weighted by atomic mass is 28.4. The Morgan fingerprint density at radius 3 is 2.43 bits per heavy atom. The zero-order valence-corrected chi connectivity index (χ0v) is 10.4. The number of rotatable bonds is 7. The van der Waals surface area contributed by atoms with E-state index in [-0.39, 0.29) is 0 Å². The summed E-state index contributed by atoms with van der Waals surface area (Å²) in [6.07, 6.45) is 0.334. The predicted molar refractivity (Wildman–Crippen MR) is 55.6 cm³/mol. The molecule has 0 radical (unpaired) electrons. The molecule has 1 fully saturated rings. The molecule has 1 aliphatic heterocycles. The van der Waals surface area contributed by atoms with Gasteiger partial charge in [0.25, 0.3) is 0 Å². The molecule has 0 N–H and O–H groups in total. The van der Waals surface area contributed by atoms with E-state index in [2.05, 4.69) is 13.5 Å². The summed E-state index contributed by atoms with van der Waals surface area (Å²) >= 11 is 0. The van der Waals surface area contributed by atoms with Gasteiger partial charge in [-0.2, -0.15) is 0 Å². The van der Waals surface area contributed by atoms with Crippen molar-refractivity contribution in [3.05, 3.63) is 0 Å². The Morgan fingerprint density at radius 1 is 1.43 bits per heavy atom.